The predicted octanol–water partition coefficient (Wildman–Crippen LogP) is 1.78. The van der Waals surface area contributed by atoms with Gasteiger partial charge in [0.1, 0.15) is 0 Å². The van der Waals surface area contributed by atoms with Crippen LogP contribution in [0.3, 0.4) is 0 Å². The first-order valence-corrected chi connectivity index (χ1v) is 6.31. The Kier molecular flexibility index (Phi) is 3.46. The molecule has 0 unspecified atom stereocenters. The van der Waals surface area contributed by atoms with Gasteiger partial charge in [0.25, 0.3) is 0 Å². The van der Waals surface area contributed by atoms with Crippen LogP contribution in [0.4, 0.5) is 10.5 Å². The van der Waals surface area contributed by atoms with Crippen LogP contribution in [0.15, 0.2) is 18.2 Å². The number of anilines is 1. The lowest BCUT2D eigenvalue weighted by Gasteiger charge is -2.20. The molecule has 0 radical (unpaired) electrons. The van der Waals surface area contributed by atoms with Crippen LogP contribution in [0, 0.1) is 0 Å². The molecule has 0 aromatic heterocycles. The zero-order chi connectivity index (χ0) is 14.0. The van der Waals surface area contributed by atoms with Crippen molar-refractivity contribution in [3.63, 3.8) is 0 Å². The molecule has 0 bridgehead atoms. The molecule has 0 saturated heterocycles. The first kappa shape index (κ1) is 13.4. The first-order chi connectivity index (χ1) is 8.83. The van der Waals surface area contributed by atoms with Gasteiger partial charge in [-0.25, -0.2) is 4.79 Å². The fourth-order valence-electron chi connectivity index (χ4n) is 1.96. The van der Waals surface area contributed by atoms with Gasteiger partial charge in [0.05, 0.1) is 6.42 Å². The summed E-state index contributed by atoms with van der Waals surface area (Å²) < 4.78 is 0. The summed E-state index contributed by atoms with van der Waals surface area (Å²) in [5, 5.41) is 8.42. The average molecular weight is 261 g/mol. The van der Waals surface area contributed by atoms with Crippen LogP contribution < -0.4 is 16.0 Å². The number of hydrogen-bond donors (Lipinski definition) is 3. The average Bonchev–Trinajstić information content (AvgIpc) is 2.63. The lowest BCUT2D eigenvalue weighted by Crippen LogP contribution is -2.46. The highest BCUT2D eigenvalue weighted by Gasteiger charge is 2.18. The molecule has 1 aromatic carbocycles. The van der Waals surface area contributed by atoms with E-state index in [2.05, 4.69) is 16.0 Å². The molecule has 3 amide bonds. The summed E-state index contributed by atoms with van der Waals surface area (Å²) in [5.74, 6) is 0.0191. The fraction of sp³-hybridized carbons (Fsp3) is 0.429. The second kappa shape index (κ2) is 4.91. The molecule has 0 atom stereocenters. The molecule has 1 heterocycles. The van der Waals surface area contributed by atoms with Crippen molar-refractivity contribution in [2.24, 2.45) is 0 Å². The molecule has 1 aliphatic heterocycles. The maximum Gasteiger partial charge on any atom is 0.315 e. The zero-order valence-electron chi connectivity index (χ0n) is 11.5. The minimum Gasteiger partial charge on any atom is -0.334 e. The van der Waals surface area contributed by atoms with Crippen molar-refractivity contribution in [3.8, 4) is 0 Å². The quantitative estimate of drug-likeness (QED) is 0.759. The summed E-state index contributed by atoms with van der Waals surface area (Å²) in [5.41, 5.74) is 2.59. The molecular weight excluding hydrogens is 242 g/mol. The Bertz CT molecular complexity index is 518. The van der Waals surface area contributed by atoms with Gasteiger partial charge in [-0.05, 0) is 38.0 Å². The Hall–Kier alpha value is -2.04. The van der Waals surface area contributed by atoms with E-state index in [1.165, 1.54) is 0 Å². The smallest absolute Gasteiger partial charge is 0.315 e. The molecule has 0 spiro atoms. The Labute approximate surface area is 112 Å². The third-order valence-corrected chi connectivity index (χ3v) is 2.74. The molecule has 19 heavy (non-hydrogen) atoms. The van der Waals surface area contributed by atoms with Crippen LogP contribution >= 0.6 is 0 Å². The van der Waals surface area contributed by atoms with Gasteiger partial charge in [0.2, 0.25) is 5.91 Å². The van der Waals surface area contributed by atoms with Crippen molar-refractivity contribution in [2.75, 3.05) is 5.32 Å². The van der Waals surface area contributed by atoms with Crippen LogP contribution in [0.2, 0.25) is 0 Å². The van der Waals surface area contributed by atoms with Gasteiger partial charge in [-0.1, -0.05) is 12.1 Å². The largest absolute Gasteiger partial charge is 0.334 e. The van der Waals surface area contributed by atoms with Crippen LogP contribution in [0.25, 0.3) is 0 Å². The van der Waals surface area contributed by atoms with Gasteiger partial charge >= 0.3 is 6.03 Å². The summed E-state index contributed by atoms with van der Waals surface area (Å²) in [6.45, 7) is 6.24. The van der Waals surface area contributed by atoms with E-state index in [0.29, 0.717) is 13.0 Å². The molecule has 0 fully saturated rings. The Balaban J connectivity index is 1.93. The van der Waals surface area contributed by atoms with E-state index in [4.69, 9.17) is 0 Å². The van der Waals surface area contributed by atoms with E-state index < -0.39 is 0 Å². The van der Waals surface area contributed by atoms with Gasteiger partial charge in [0.15, 0.2) is 0 Å². The van der Waals surface area contributed by atoms with E-state index >= 15 is 0 Å². The lowest BCUT2D eigenvalue weighted by atomic mass is 10.1. The summed E-state index contributed by atoms with van der Waals surface area (Å²) >= 11 is 0. The lowest BCUT2D eigenvalue weighted by molar-refractivity contribution is -0.115. The first-order valence-electron chi connectivity index (χ1n) is 6.31. The van der Waals surface area contributed by atoms with Crippen LogP contribution in [0.5, 0.6) is 0 Å². The second-order valence-electron chi connectivity index (χ2n) is 5.77. The maximum atomic E-state index is 11.6. The van der Waals surface area contributed by atoms with E-state index in [1.807, 2.05) is 39.0 Å². The highest BCUT2D eigenvalue weighted by molar-refractivity contribution is 5.99. The van der Waals surface area contributed by atoms with Crippen molar-refractivity contribution >= 4 is 17.6 Å². The predicted molar refractivity (Wildman–Crippen MR) is 73.9 cm³/mol. The number of rotatable bonds is 2. The second-order valence-corrected chi connectivity index (χ2v) is 5.77. The standard InChI is InChI=1S/C14H19N3O2/c1-14(2,3)17-13(19)15-8-9-4-5-11-10(6-9)7-12(18)16-11/h4-6H,7-8H2,1-3H3,(H,16,18)(H2,15,17,19). The van der Waals surface area contributed by atoms with Crippen molar-refractivity contribution in [1.82, 2.24) is 10.6 Å². The van der Waals surface area contributed by atoms with Crippen LogP contribution in [-0.4, -0.2) is 17.5 Å². The molecule has 1 aliphatic rings. The monoisotopic (exact) mass is 261 g/mol. The highest BCUT2D eigenvalue weighted by atomic mass is 16.2. The molecule has 2 rings (SSSR count). The van der Waals surface area contributed by atoms with E-state index in [1.54, 1.807) is 0 Å². The number of nitrogens with one attached hydrogen (secondary N) is 3. The summed E-state index contributed by atoms with van der Waals surface area (Å²) in [6, 6.07) is 5.54. The highest BCUT2D eigenvalue weighted by Crippen LogP contribution is 2.23. The summed E-state index contributed by atoms with van der Waals surface area (Å²) in [6.07, 6.45) is 0.414. The molecule has 0 saturated carbocycles. The van der Waals surface area contributed by atoms with Crippen molar-refractivity contribution < 1.29 is 9.59 Å². The molecule has 102 valence electrons. The van der Waals surface area contributed by atoms with Gasteiger partial charge in [-0.3, -0.25) is 4.79 Å². The number of fused-ring (bicyclic) bond motifs is 1. The Morgan fingerprint density at radius 2 is 2.11 bits per heavy atom. The molecule has 3 N–H and O–H groups in total. The van der Waals surface area contributed by atoms with Crippen molar-refractivity contribution in [2.45, 2.75) is 39.3 Å². The summed E-state index contributed by atoms with van der Waals surface area (Å²) in [7, 11) is 0. The third kappa shape index (κ3) is 3.71. The van der Waals surface area contributed by atoms with E-state index in [9.17, 15) is 9.59 Å². The van der Waals surface area contributed by atoms with Crippen molar-refractivity contribution in [3.05, 3.63) is 29.3 Å². The van der Waals surface area contributed by atoms with Gasteiger partial charge in [-0.15, -0.1) is 0 Å². The normalized spacial score (nSPS) is 13.7. The van der Waals surface area contributed by atoms with Crippen LogP contribution in [0.1, 0.15) is 31.9 Å². The van der Waals surface area contributed by atoms with E-state index in [-0.39, 0.29) is 17.5 Å². The van der Waals surface area contributed by atoms with Gasteiger partial charge in [0, 0.05) is 17.8 Å². The van der Waals surface area contributed by atoms with Crippen LogP contribution in [-0.2, 0) is 17.8 Å². The van der Waals surface area contributed by atoms with E-state index in [0.717, 1.165) is 16.8 Å². The minimum absolute atomic E-state index is 0.0191. The van der Waals surface area contributed by atoms with Gasteiger partial charge in [-0.2, -0.15) is 0 Å². The number of amides is 3. The number of benzene rings is 1. The molecule has 5 nitrogen and oxygen atoms in total. The fourth-order valence-corrected chi connectivity index (χ4v) is 1.96. The number of urea groups is 1. The topological polar surface area (TPSA) is 70.2 Å². The number of carbonyl (C=O) groups is 2. The SMILES string of the molecule is CC(C)(C)NC(=O)NCc1ccc2c(c1)CC(=O)N2. The molecular formula is C14H19N3O2. The molecule has 1 aromatic rings. The number of carbonyl (C=O) groups excluding carboxylic acids is 2. The molecule has 5 heteroatoms. The maximum absolute atomic E-state index is 11.6. The molecule has 0 aliphatic carbocycles. The summed E-state index contributed by atoms with van der Waals surface area (Å²) in [4.78, 5) is 22.9. The zero-order valence-corrected chi connectivity index (χ0v) is 11.5. The minimum atomic E-state index is -0.252. The number of hydrogen-bond acceptors (Lipinski definition) is 2. The Morgan fingerprint density at radius 3 is 2.79 bits per heavy atom. The Morgan fingerprint density at radius 1 is 1.37 bits per heavy atom. The van der Waals surface area contributed by atoms with Crippen molar-refractivity contribution in [1.29, 1.82) is 0 Å². The van der Waals surface area contributed by atoms with Gasteiger partial charge < -0.3 is 16.0 Å². The third-order valence-electron chi connectivity index (χ3n) is 2.74.